The fraction of sp³-hybridized carbons (Fsp3) is 0.152. The van der Waals surface area contributed by atoms with E-state index >= 15 is 0 Å². The largest absolute Gasteiger partial charge is 0.433 e. The molecule has 0 unspecified atom stereocenters. The van der Waals surface area contributed by atoms with Crippen molar-refractivity contribution >= 4 is 52.1 Å². The van der Waals surface area contributed by atoms with Crippen LogP contribution in [0, 0.1) is 0 Å². The van der Waals surface area contributed by atoms with E-state index in [1.165, 1.54) is 0 Å². The molecule has 7 aromatic rings. The van der Waals surface area contributed by atoms with Gasteiger partial charge in [-0.3, -0.25) is 14.6 Å². The van der Waals surface area contributed by atoms with Crippen molar-refractivity contribution < 1.29 is 32.2 Å². The van der Waals surface area contributed by atoms with Crippen LogP contribution >= 0.6 is 0 Å². The van der Waals surface area contributed by atoms with Crippen LogP contribution < -0.4 is 18.8 Å². The average Bonchev–Trinajstić information content (AvgIpc) is 3.96. The van der Waals surface area contributed by atoms with Gasteiger partial charge in [0.1, 0.15) is 25.2 Å². The molecular weight excluding hydrogens is 701 g/mol. The maximum atomic E-state index is 15.0. The summed E-state index contributed by atoms with van der Waals surface area (Å²) in [7, 11) is 4.00. The summed E-state index contributed by atoms with van der Waals surface area (Å²) >= 11 is 0. The number of hydrazine groups is 1. The van der Waals surface area contributed by atoms with Crippen LogP contribution in [0.1, 0.15) is 68.7 Å². The second-order valence-corrected chi connectivity index (χ2v) is 13.8. The van der Waals surface area contributed by atoms with E-state index in [4.69, 9.17) is 8.83 Å². The highest BCUT2D eigenvalue weighted by Crippen LogP contribution is 2.51. The van der Waals surface area contributed by atoms with Crippen molar-refractivity contribution in [1.82, 2.24) is 9.69 Å². The summed E-state index contributed by atoms with van der Waals surface area (Å²) < 4.78 is 21.4. The maximum absolute atomic E-state index is 15.0. The third-order valence-corrected chi connectivity index (χ3v) is 10.6. The van der Waals surface area contributed by atoms with Gasteiger partial charge >= 0.3 is 0 Å². The van der Waals surface area contributed by atoms with Crippen LogP contribution in [0.25, 0.3) is 34.6 Å². The van der Waals surface area contributed by atoms with Crippen LogP contribution in [0.3, 0.4) is 0 Å². The fourth-order valence-electron chi connectivity index (χ4n) is 7.95. The second kappa shape index (κ2) is 14.0. The first-order chi connectivity index (χ1) is 27.4. The Morgan fingerprint density at radius 1 is 0.679 bits per heavy atom. The third kappa shape index (κ3) is 5.44. The summed E-state index contributed by atoms with van der Waals surface area (Å²) in [5.41, 5.74) is 6.78. The average molecular weight is 742 g/mol. The van der Waals surface area contributed by atoms with Crippen molar-refractivity contribution in [3.63, 3.8) is 0 Å². The number of aromatic nitrogens is 4. The minimum Gasteiger partial charge on any atom is -0.433 e. The number of benzene rings is 2. The number of aryl methyl sites for hydroxylation is 2. The molecule has 1 aliphatic heterocycles. The summed E-state index contributed by atoms with van der Waals surface area (Å²) in [4.78, 5) is 30.0. The highest BCUT2D eigenvalue weighted by Gasteiger charge is 2.49. The molecule has 0 saturated heterocycles. The van der Waals surface area contributed by atoms with E-state index < -0.39 is 0 Å². The normalized spacial score (nSPS) is 14.5. The van der Waals surface area contributed by atoms with Crippen LogP contribution in [0.2, 0.25) is 0 Å². The smallest absolute Gasteiger partial charge is 0.273 e. The molecule has 0 radical (unpaired) electrons. The van der Waals surface area contributed by atoms with Gasteiger partial charge in [-0.15, -0.1) is 4.68 Å². The Morgan fingerprint density at radius 3 is 1.93 bits per heavy atom. The monoisotopic (exact) mass is 741 g/mol. The summed E-state index contributed by atoms with van der Waals surface area (Å²) in [5.74, 6) is -0.300. The van der Waals surface area contributed by atoms with Gasteiger partial charge in [-0.2, -0.15) is 0 Å². The van der Waals surface area contributed by atoms with E-state index in [9.17, 15) is 9.59 Å². The van der Waals surface area contributed by atoms with E-state index in [1.807, 2.05) is 168 Å². The lowest BCUT2D eigenvalue weighted by Gasteiger charge is -2.30. The van der Waals surface area contributed by atoms with Crippen molar-refractivity contribution in [3.05, 3.63) is 173 Å². The van der Waals surface area contributed by atoms with Gasteiger partial charge < -0.3 is 8.83 Å². The predicted octanol–water partition coefficient (Wildman–Crippen LogP) is 7.25. The van der Waals surface area contributed by atoms with Crippen LogP contribution in [0.5, 0.6) is 0 Å². The van der Waals surface area contributed by atoms with Crippen LogP contribution in [-0.4, -0.2) is 27.8 Å². The molecule has 1 aliphatic carbocycles. The Morgan fingerprint density at radius 2 is 1.29 bits per heavy atom. The van der Waals surface area contributed by atoms with Gasteiger partial charge in [0.15, 0.2) is 30.5 Å². The van der Waals surface area contributed by atoms with E-state index in [1.54, 1.807) is 0 Å². The zero-order valence-electron chi connectivity index (χ0n) is 31.7. The number of hydrogen-bond acceptors (Lipinski definition) is 6. The number of rotatable bonds is 9. The summed E-state index contributed by atoms with van der Waals surface area (Å²) in [5, 5.41) is 4.62. The molecule has 6 heterocycles. The molecule has 0 amide bonds. The summed E-state index contributed by atoms with van der Waals surface area (Å²) in [6.45, 7) is 5.28. The van der Waals surface area contributed by atoms with Gasteiger partial charge in [0.2, 0.25) is 34.5 Å². The Hall–Kier alpha value is -7.07. The molecule has 0 bridgehead atoms. The predicted molar refractivity (Wildman–Crippen MR) is 213 cm³/mol. The molecule has 0 atom stereocenters. The maximum Gasteiger partial charge on any atom is 0.273 e. The number of allylic oxidation sites excluding steroid dienone is 3. The Bertz CT molecular complexity index is 2770. The lowest BCUT2D eigenvalue weighted by Crippen LogP contribution is -2.44. The van der Waals surface area contributed by atoms with Crippen molar-refractivity contribution in [2.75, 3.05) is 11.6 Å². The van der Waals surface area contributed by atoms with Crippen molar-refractivity contribution in [3.8, 4) is 5.69 Å². The van der Waals surface area contributed by atoms with Crippen molar-refractivity contribution in [1.29, 1.82) is 0 Å². The quantitative estimate of drug-likeness (QED) is 0.145. The summed E-state index contributed by atoms with van der Waals surface area (Å²) in [6, 6.07) is 31.8. The van der Waals surface area contributed by atoms with Crippen molar-refractivity contribution in [2.24, 2.45) is 14.1 Å². The lowest BCUT2D eigenvalue weighted by molar-refractivity contribution is -0.767. The van der Waals surface area contributed by atoms with Crippen molar-refractivity contribution in [2.45, 2.75) is 26.8 Å². The molecule has 5 aromatic heterocycles. The fourth-order valence-corrected chi connectivity index (χ4v) is 7.95. The standard InChI is InChI=1S/C46H41N6O4/c1-5-49-35(27-17-25-31-19-13-15-29-47(31)3)37-39-41(53)44-40(42(54)43(39)55-45(37)51(49)33-21-9-7-10-22-33)38-36(28-18-26-32-20-14-16-30-48(32)4)50(6-2)52(46(38)56-44)34-23-11-8-12-24-34/h7-27,29-30H,5-6,28H2,1-4H3/q+3/b26-18+. The van der Waals surface area contributed by atoms with Crippen LogP contribution in [-0.2, 0) is 27.1 Å². The molecule has 10 heteroatoms. The minimum atomic E-state index is -0.383. The van der Waals surface area contributed by atoms with Gasteiger partial charge in [0.05, 0.1) is 34.5 Å². The molecule has 56 heavy (non-hydrogen) atoms. The lowest BCUT2D eigenvalue weighted by atomic mass is 9.89. The van der Waals surface area contributed by atoms with Crippen LogP contribution in [0.4, 0.5) is 11.6 Å². The molecule has 0 fully saturated rings. The molecule has 9 rings (SSSR count). The number of anilines is 2. The van der Waals surface area contributed by atoms with E-state index in [-0.39, 0.29) is 34.2 Å². The topological polar surface area (TPSA) is 83.5 Å². The molecule has 0 N–H and O–H groups in total. The molecule has 2 aromatic carbocycles. The Kier molecular flexibility index (Phi) is 8.65. The number of fused-ring (bicyclic) bond motifs is 6. The Labute approximate surface area is 324 Å². The first kappa shape index (κ1) is 34.7. The molecule has 0 spiro atoms. The highest BCUT2D eigenvalue weighted by atomic mass is 16.4. The molecule has 0 saturated carbocycles. The number of furan rings is 2. The number of carbonyl (C=O) groups is 2. The van der Waals surface area contributed by atoms with Gasteiger partial charge in [-0.05, 0) is 56.3 Å². The zero-order valence-corrected chi connectivity index (χ0v) is 31.7. The number of nitrogens with zero attached hydrogens (tertiary/aromatic N) is 6. The first-order valence-corrected chi connectivity index (χ1v) is 18.9. The number of para-hydroxylation sites is 2. The third-order valence-electron chi connectivity index (χ3n) is 10.6. The SMILES string of the molecule is CCN1/C(=C/C=C/c2cccc[n+]2C)c2c(oc3c2C(=O)c2oc4c(c2C3=O)c(C/C=C/c2cccc[n+]2C)[n+](CC)n4-c2ccccc2)N1c1ccccc1. The van der Waals surface area contributed by atoms with Crippen LogP contribution in [0.15, 0.2) is 137 Å². The number of ketones is 2. The molecule has 2 aliphatic rings. The number of carbonyl (C=O) groups excluding carboxylic acids is 2. The molecule has 10 nitrogen and oxygen atoms in total. The first-order valence-electron chi connectivity index (χ1n) is 18.9. The van der Waals surface area contributed by atoms with Gasteiger partial charge in [-0.25, -0.2) is 14.1 Å². The van der Waals surface area contributed by atoms with Gasteiger partial charge in [-0.1, -0.05) is 53.2 Å². The van der Waals surface area contributed by atoms with E-state index in [0.717, 1.165) is 34.2 Å². The number of hydrogen-bond donors (Lipinski definition) is 0. The second-order valence-electron chi connectivity index (χ2n) is 13.8. The van der Waals surface area contributed by atoms with Gasteiger partial charge in [0, 0.05) is 43.0 Å². The zero-order chi connectivity index (χ0) is 38.5. The summed E-state index contributed by atoms with van der Waals surface area (Å²) in [6.07, 6.45) is 14.6. The van der Waals surface area contributed by atoms with E-state index in [2.05, 4.69) is 28.8 Å². The minimum absolute atomic E-state index is 0.0181. The Balaban J connectivity index is 1.24. The van der Waals surface area contributed by atoms with E-state index in [0.29, 0.717) is 42.1 Å². The van der Waals surface area contributed by atoms with Gasteiger partial charge in [0.25, 0.3) is 5.71 Å². The number of pyridine rings is 2. The highest BCUT2D eigenvalue weighted by molar-refractivity contribution is 6.32. The molecule has 276 valence electrons. The molecular formula is C46H41N6O4+3.